The SMILES string of the molecule is O=c1[nH]c2cc(-c3ccnc(C4CC4)c3)nn2c2cc(F)ccc12. The van der Waals surface area contributed by atoms with Crippen molar-refractivity contribution in [3.63, 3.8) is 0 Å². The predicted molar refractivity (Wildman–Crippen MR) is 88.5 cm³/mol. The number of aromatic nitrogens is 4. The molecule has 1 aliphatic rings. The van der Waals surface area contributed by atoms with E-state index in [0.29, 0.717) is 22.5 Å². The van der Waals surface area contributed by atoms with Gasteiger partial charge < -0.3 is 4.98 Å². The summed E-state index contributed by atoms with van der Waals surface area (Å²) in [7, 11) is 0. The normalized spacial score (nSPS) is 14.5. The molecule has 118 valence electrons. The Bertz CT molecular complexity index is 1160. The van der Waals surface area contributed by atoms with Gasteiger partial charge in [-0.05, 0) is 37.1 Å². The molecular weight excluding hydrogens is 307 g/mol. The molecule has 6 heteroatoms. The van der Waals surface area contributed by atoms with Crippen molar-refractivity contribution in [2.45, 2.75) is 18.8 Å². The van der Waals surface area contributed by atoms with E-state index in [1.807, 2.05) is 12.1 Å². The number of nitrogens with one attached hydrogen (secondary N) is 1. The quantitative estimate of drug-likeness (QED) is 0.616. The van der Waals surface area contributed by atoms with Gasteiger partial charge >= 0.3 is 0 Å². The van der Waals surface area contributed by atoms with Crippen LogP contribution in [0.2, 0.25) is 0 Å². The van der Waals surface area contributed by atoms with Gasteiger partial charge in [0.1, 0.15) is 11.5 Å². The molecule has 0 amide bonds. The van der Waals surface area contributed by atoms with Gasteiger partial charge in [0.15, 0.2) is 0 Å². The fraction of sp³-hybridized carbons (Fsp3) is 0.167. The summed E-state index contributed by atoms with van der Waals surface area (Å²) in [6, 6.07) is 9.82. The number of benzene rings is 1. The molecule has 0 aliphatic heterocycles. The molecular formula is C18H13FN4O. The van der Waals surface area contributed by atoms with E-state index in [0.717, 1.165) is 17.0 Å². The first-order valence-corrected chi connectivity index (χ1v) is 7.87. The molecule has 24 heavy (non-hydrogen) atoms. The first-order valence-electron chi connectivity index (χ1n) is 7.87. The van der Waals surface area contributed by atoms with Crippen LogP contribution >= 0.6 is 0 Å². The molecule has 0 atom stereocenters. The van der Waals surface area contributed by atoms with Gasteiger partial charge in [-0.3, -0.25) is 9.78 Å². The zero-order valence-corrected chi connectivity index (χ0v) is 12.7. The van der Waals surface area contributed by atoms with Crippen LogP contribution in [-0.4, -0.2) is 19.6 Å². The van der Waals surface area contributed by atoms with Crippen molar-refractivity contribution in [3.05, 3.63) is 64.5 Å². The third-order valence-electron chi connectivity index (χ3n) is 4.46. The second kappa shape index (κ2) is 4.74. The molecule has 0 spiro atoms. The molecule has 1 aromatic carbocycles. The lowest BCUT2D eigenvalue weighted by Gasteiger charge is -2.01. The van der Waals surface area contributed by atoms with Crippen LogP contribution < -0.4 is 5.56 Å². The molecule has 0 saturated heterocycles. The van der Waals surface area contributed by atoms with Gasteiger partial charge in [0.25, 0.3) is 5.56 Å². The molecule has 1 saturated carbocycles. The van der Waals surface area contributed by atoms with E-state index < -0.39 is 5.82 Å². The van der Waals surface area contributed by atoms with E-state index in [1.54, 1.807) is 16.8 Å². The average molecular weight is 320 g/mol. The van der Waals surface area contributed by atoms with Gasteiger partial charge in [0.05, 0.1) is 16.6 Å². The monoisotopic (exact) mass is 320 g/mol. The lowest BCUT2D eigenvalue weighted by atomic mass is 10.1. The Morgan fingerprint density at radius 1 is 1.17 bits per heavy atom. The van der Waals surface area contributed by atoms with Gasteiger partial charge in [-0.1, -0.05) is 0 Å². The van der Waals surface area contributed by atoms with E-state index in [1.165, 1.54) is 31.0 Å². The summed E-state index contributed by atoms with van der Waals surface area (Å²) in [4.78, 5) is 19.4. The summed E-state index contributed by atoms with van der Waals surface area (Å²) >= 11 is 0. The third-order valence-corrected chi connectivity index (χ3v) is 4.46. The number of halogens is 1. The molecule has 5 nitrogen and oxygen atoms in total. The van der Waals surface area contributed by atoms with Gasteiger partial charge in [-0.15, -0.1) is 0 Å². The highest BCUT2D eigenvalue weighted by Crippen LogP contribution is 2.39. The van der Waals surface area contributed by atoms with Crippen molar-refractivity contribution in [1.29, 1.82) is 0 Å². The van der Waals surface area contributed by atoms with Crippen LogP contribution in [0.1, 0.15) is 24.5 Å². The molecule has 1 aliphatic carbocycles. The fourth-order valence-corrected chi connectivity index (χ4v) is 3.06. The highest BCUT2D eigenvalue weighted by atomic mass is 19.1. The van der Waals surface area contributed by atoms with E-state index in [2.05, 4.69) is 15.1 Å². The van der Waals surface area contributed by atoms with Crippen molar-refractivity contribution in [2.75, 3.05) is 0 Å². The Kier molecular flexibility index (Phi) is 2.65. The van der Waals surface area contributed by atoms with Crippen molar-refractivity contribution >= 4 is 16.6 Å². The number of hydrogen-bond donors (Lipinski definition) is 1. The minimum Gasteiger partial charge on any atom is -0.306 e. The molecule has 0 bridgehead atoms. The van der Waals surface area contributed by atoms with Crippen LogP contribution in [0.3, 0.4) is 0 Å². The maximum atomic E-state index is 13.6. The highest BCUT2D eigenvalue weighted by molar-refractivity contribution is 5.81. The molecule has 3 heterocycles. The maximum absolute atomic E-state index is 13.6. The standard InChI is InChI=1S/C18H13FN4O/c19-12-3-4-13-16(8-12)23-17(21-18(13)24)9-15(22-23)11-5-6-20-14(7-11)10-1-2-10/h3-10H,1-2H2,(H,21,24). The number of pyridine rings is 1. The van der Waals surface area contributed by atoms with E-state index in [4.69, 9.17) is 0 Å². The zero-order valence-electron chi connectivity index (χ0n) is 12.7. The molecule has 3 aromatic heterocycles. The topological polar surface area (TPSA) is 63.0 Å². The van der Waals surface area contributed by atoms with Crippen LogP contribution in [0.25, 0.3) is 27.8 Å². The Morgan fingerprint density at radius 3 is 2.88 bits per heavy atom. The van der Waals surface area contributed by atoms with Crippen molar-refractivity contribution in [1.82, 2.24) is 19.6 Å². The lowest BCUT2D eigenvalue weighted by molar-refractivity contribution is 0.629. The Hall–Kier alpha value is -3.02. The first kappa shape index (κ1) is 13.4. The summed E-state index contributed by atoms with van der Waals surface area (Å²) < 4.78 is 15.2. The van der Waals surface area contributed by atoms with Gasteiger partial charge in [-0.25, -0.2) is 8.91 Å². The lowest BCUT2D eigenvalue weighted by Crippen LogP contribution is -2.10. The molecule has 4 aromatic rings. The number of aromatic amines is 1. The van der Waals surface area contributed by atoms with Gasteiger partial charge in [0, 0.05) is 35.5 Å². The third kappa shape index (κ3) is 2.03. The van der Waals surface area contributed by atoms with Gasteiger partial charge in [-0.2, -0.15) is 5.10 Å². The van der Waals surface area contributed by atoms with Crippen LogP contribution in [0.15, 0.2) is 47.4 Å². The van der Waals surface area contributed by atoms with E-state index in [9.17, 15) is 9.18 Å². The number of hydrogen-bond acceptors (Lipinski definition) is 3. The van der Waals surface area contributed by atoms with Crippen molar-refractivity contribution in [2.24, 2.45) is 0 Å². The first-order chi connectivity index (χ1) is 11.7. The van der Waals surface area contributed by atoms with E-state index in [-0.39, 0.29) is 5.56 Å². The minimum absolute atomic E-state index is 0.252. The maximum Gasteiger partial charge on any atom is 0.259 e. The molecule has 1 fully saturated rings. The smallest absolute Gasteiger partial charge is 0.259 e. The van der Waals surface area contributed by atoms with E-state index >= 15 is 0 Å². The number of rotatable bonds is 2. The van der Waals surface area contributed by atoms with Crippen LogP contribution in [-0.2, 0) is 0 Å². The van der Waals surface area contributed by atoms with Crippen LogP contribution in [0.5, 0.6) is 0 Å². The second-order valence-electron chi connectivity index (χ2n) is 6.19. The van der Waals surface area contributed by atoms with Crippen molar-refractivity contribution in [3.8, 4) is 11.3 Å². The highest BCUT2D eigenvalue weighted by Gasteiger charge is 2.25. The summed E-state index contributed by atoms with van der Waals surface area (Å²) in [6.07, 6.45) is 4.14. The summed E-state index contributed by atoms with van der Waals surface area (Å²) in [5, 5.41) is 4.98. The number of H-pyrrole nitrogens is 1. The molecule has 0 radical (unpaired) electrons. The number of fused-ring (bicyclic) bond motifs is 3. The minimum atomic E-state index is -0.397. The predicted octanol–water partition coefficient (Wildman–Crippen LogP) is 3.25. The van der Waals surface area contributed by atoms with Crippen LogP contribution in [0.4, 0.5) is 4.39 Å². The number of nitrogens with zero attached hydrogens (tertiary/aromatic N) is 3. The fourth-order valence-electron chi connectivity index (χ4n) is 3.06. The molecule has 5 rings (SSSR count). The average Bonchev–Trinajstić information content (AvgIpc) is 3.35. The summed E-state index contributed by atoms with van der Waals surface area (Å²) in [6.45, 7) is 0. The van der Waals surface area contributed by atoms with Crippen LogP contribution in [0, 0.1) is 5.82 Å². The molecule has 1 N–H and O–H groups in total. The molecule has 0 unspecified atom stereocenters. The Labute approximate surface area is 135 Å². The van der Waals surface area contributed by atoms with Crippen molar-refractivity contribution < 1.29 is 4.39 Å². The Morgan fingerprint density at radius 2 is 2.04 bits per heavy atom. The Balaban J connectivity index is 1.76. The second-order valence-corrected chi connectivity index (χ2v) is 6.19. The summed E-state index contributed by atoms with van der Waals surface area (Å²) in [5.41, 5.74) is 3.49. The largest absolute Gasteiger partial charge is 0.306 e. The summed E-state index contributed by atoms with van der Waals surface area (Å²) in [5.74, 6) is 0.156. The zero-order chi connectivity index (χ0) is 16.3. The van der Waals surface area contributed by atoms with Gasteiger partial charge in [0.2, 0.25) is 0 Å².